The smallest absolute Gasteiger partial charge is 0.218 e. The van der Waals surface area contributed by atoms with Crippen molar-refractivity contribution >= 4 is 5.82 Å². The van der Waals surface area contributed by atoms with Crippen LogP contribution in [-0.2, 0) is 0 Å². The Kier molecular flexibility index (Phi) is 5.00. The number of hydrogen-bond acceptors (Lipinski definition) is 4. The molecule has 4 heteroatoms. The summed E-state index contributed by atoms with van der Waals surface area (Å²) in [5.41, 5.74) is 0. The molecule has 2 rings (SSSR count). The van der Waals surface area contributed by atoms with Crippen LogP contribution in [0.3, 0.4) is 0 Å². The van der Waals surface area contributed by atoms with Crippen LogP contribution in [0.15, 0.2) is 6.07 Å². The van der Waals surface area contributed by atoms with Gasteiger partial charge in [0.15, 0.2) is 0 Å². The van der Waals surface area contributed by atoms with Gasteiger partial charge in [-0.15, -0.1) is 0 Å². The molecule has 1 aliphatic rings. The van der Waals surface area contributed by atoms with Crippen LogP contribution in [0.25, 0.3) is 0 Å². The monoisotopic (exact) mass is 263 g/mol. The van der Waals surface area contributed by atoms with E-state index in [1.165, 1.54) is 25.7 Å². The van der Waals surface area contributed by atoms with E-state index < -0.39 is 0 Å². The Labute approximate surface area is 116 Å². The minimum absolute atomic E-state index is 0.312. The average Bonchev–Trinajstić information content (AvgIpc) is 2.89. The number of rotatable bonds is 6. The van der Waals surface area contributed by atoms with Gasteiger partial charge in [0.25, 0.3) is 0 Å². The van der Waals surface area contributed by atoms with Crippen molar-refractivity contribution in [3.05, 3.63) is 11.9 Å². The van der Waals surface area contributed by atoms with Gasteiger partial charge in [-0.1, -0.05) is 26.7 Å². The van der Waals surface area contributed by atoms with Crippen molar-refractivity contribution in [3.8, 4) is 5.88 Å². The molecule has 1 saturated carbocycles. The molecule has 4 nitrogen and oxygen atoms in total. The second-order valence-electron chi connectivity index (χ2n) is 5.60. The summed E-state index contributed by atoms with van der Waals surface area (Å²) in [4.78, 5) is 9.00. The summed E-state index contributed by atoms with van der Waals surface area (Å²) in [5.74, 6) is 3.44. The first kappa shape index (κ1) is 14.1. The molecule has 0 unspecified atom stereocenters. The van der Waals surface area contributed by atoms with Crippen LogP contribution in [0.1, 0.15) is 58.2 Å². The Morgan fingerprint density at radius 1 is 1.32 bits per heavy atom. The second-order valence-corrected chi connectivity index (χ2v) is 5.60. The zero-order valence-electron chi connectivity index (χ0n) is 12.3. The summed E-state index contributed by atoms with van der Waals surface area (Å²) >= 11 is 0. The molecule has 0 bridgehead atoms. The lowest BCUT2D eigenvalue weighted by atomic mass is 10.1. The Morgan fingerprint density at radius 3 is 2.68 bits per heavy atom. The van der Waals surface area contributed by atoms with Gasteiger partial charge in [0.05, 0.1) is 6.61 Å². The molecule has 19 heavy (non-hydrogen) atoms. The van der Waals surface area contributed by atoms with Crippen LogP contribution in [0.4, 0.5) is 5.82 Å². The fourth-order valence-corrected chi connectivity index (χ4v) is 2.43. The number of ether oxygens (including phenoxy) is 1. The summed E-state index contributed by atoms with van der Waals surface area (Å²) in [6.07, 6.45) is 5.28. The van der Waals surface area contributed by atoms with Gasteiger partial charge < -0.3 is 10.1 Å². The number of nitrogens with zero attached hydrogens (tertiary/aromatic N) is 2. The largest absolute Gasteiger partial charge is 0.477 e. The van der Waals surface area contributed by atoms with E-state index in [2.05, 4.69) is 36.1 Å². The Bertz CT molecular complexity index is 400. The van der Waals surface area contributed by atoms with E-state index in [0.717, 1.165) is 24.8 Å². The van der Waals surface area contributed by atoms with Crippen molar-refractivity contribution in [2.24, 2.45) is 5.92 Å². The predicted octanol–water partition coefficient (Wildman–Crippen LogP) is 3.60. The maximum Gasteiger partial charge on any atom is 0.218 e. The van der Waals surface area contributed by atoms with Crippen molar-refractivity contribution in [3.63, 3.8) is 0 Å². The zero-order chi connectivity index (χ0) is 13.7. The van der Waals surface area contributed by atoms with Crippen molar-refractivity contribution in [2.45, 2.75) is 52.4 Å². The van der Waals surface area contributed by atoms with Gasteiger partial charge >= 0.3 is 0 Å². The first-order chi connectivity index (χ1) is 9.19. The van der Waals surface area contributed by atoms with Crippen molar-refractivity contribution in [1.29, 1.82) is 0 Å². The fourth-order valence-electron chi connectivity index (χ4n) is 2.43. The first-order valence-electron chi connectivity index (χ1n) is 7.44. The summed E-state index contributed by atoms with van der Waals surface area (Å²) in [6.45, 7) is 7.92. The highest BCUT2D eigenvalue weighted by Gasteiger charge is 2.16. The molecule has 1 heterocycles. The molecule has 0 saturated heterocycles. The van der Waals surface area contributed by atoms with Crippen molar-refractivity contribution in [2.75, 3.05) is 18.5 Å². The molecule has 1 aromatic heterocycles. The molecule has 0 spiro atoms. The van der Waals surface area contributed by atoms with Crippen LogP contribution < -0.4 is 10.1 Å². The van der Waals surface area contributed by atoms with Crippen molar-refractivity contribution < 1.29 is 4.74 Å². The molecular weight excluding hydrogens is 238 g/mol. The van der Waals surface area contributed by atoms with Crippen molar-refractivity contribution in [1.82, 2.24) is 9.97 Å². The van der Waals surface area contributed by atoms with E-state index in [0.29, 0.717) is 17.7 Å². The predicted molar refractivity (Wildman–Crippen MR) is 77.7 cm³/mol. The molecule has 0 aliphatic heterocycles. The van der Waals surface area contributed by atoms with Gasteiger partial charge in [0.1, 0.15) is 11.6 Å². The SMILES string of the molecule is CCNc1cc(OCC2CCCC2)nc(C(C)C)n1. The topological polar surface area (TPSA) is 47.0 Å². The van der Waals surface area contributed by atoms with Gasteiger partial charge in [-0.2, -0.15) is 4.98 Å². The molecule has 0 aromatic carbocycles. The summed E-state index contributed by atoms with van der Waals surface area (Å²) in [6, 6.07) is 1.91. The maximum absolute atomic E-state index is 5.88. The number of aromatic nitrogens is 2. The lowest BCUT2D eigenvalue weighted by molar-refractivity contribution is 0.242. The highest BCUT2D eigenvalue weighted by molar-refractivity contribution is 5.38. The average molecular weight is 263 g/mol. The van der Waals surface area contributed by atoms with E-state index in [1.807, 2.05) is 6.07 Å². The molecule has 1 N–H and O–H groups in total. The summed E-state index contributed by atoms with van der Waals surface area (Å²) < 4.78 is 5.88. The van der Waals surface area contributed by atoms with E-state index >= 15 is 0 Å². The van der Waals surface area contributed by atoms with E-state index in [4.69, 9.17) is 4.74 Å². The van der Waals surface area contributed by atoms with Gasteiger partial charge in [-0.05, 0) is 25.7 Å². The molecule has 106 valence electrons. The number of hydrogen-bond donors (Lipinski definition) is 1. The maximum atomic E-state index is 5.88. The van der Waals surface area contributed by atoms with Crippen LogP contribution in [0.5, 0.6) is 5.88 Å². The normalized spacial score (nSPS) is 16.0. The van der Waals surface area contributed by atoms with Crippen LogP contribution in [0, 0.1) is 5.92 Å². The summed E-state index contributed by atoms with van der Waals surface area (Å²) in [7, 11) is 0. The quantitative estimate of drug-likeness (QED) is 0.852. The highest BCUT2D eigenvalue weighted by Crippen LogP contribution is 2.26. The number of nitrogens with one attached hydrogen (secondary N) is 1. The lowest BCUT2D eigenvalue weighted by Crippen LogP contribution is -2.11. The molecule has 1 aromatic rings. The molecule has 0 atom stereocenters. The van der Waals surface area contributed by atoms with Gasteiger partial charge in [-0.3, -0.25) is 0 Å². The van der Waals surface area contributed by atoms with Crippen LogP contribution in [0.2, 0.25) is 0 Å². The van der Waals surface area contributed by atoms with Crippen LogP contribution >= 0.6 is 0 Å². The van der Waals surface area contributed by atoms with E-state index in [9.17, 15) is 0 Å². The second kappa shape index (κ2) is 6.73. The zero-order valence-corrected chi connectivity index (χ0v) is 12.3. The molecule has 0 amide bonds. The Morgan fingerprint density at radius 2 is 2.05 bits per heavy atom. The van der Waals surface area contributed by atoms with Gasteiger partial charge in [0, 0.05) is 18.5 Å². The fraction of sp³-hybridized carbons (Fsp3) is 0.733. The van der Waals surface area contributed by atoms with E-state index in [1.54, 1.807) is 0 Å². The number of anilines is 1. The third kappa shape index (κ3) is 4.08. The minimum Gasteiger partial charge on any atom is -0.477 e. The Balaban J connectivity index is 2.04. The lowest BCUT2D eigenvalue weighted by Gasteiger charge is -2.14. The third-order valence-corrected chi connectivity index (χ3v) is 3.54. The van der Waals surface area contributed by atoms with Gasteiger partial charge in [-0.25, -0.2) is 4.98 Å². The molecular formula is C15H25N3O. The standard InChI is InChI=1S/C15H25N3O/c1-4-16-13-9-14(18-15(17-13)11(2)3)19-10-12-7-5-6-8-12/h9,11-12H,4-8,10H2,1-3H3,(H,16,17,18). The third-order valence-electron chi connectivity index (χ3n) is 3.54. The van der Waals surface area contributed by atoms with Crippen LogP contribution in [-0.4, -0.2) is 23.1 Å². The minimum atomic E-state index is 0.312. The highest BCUT2D eigenvalue weighted by atomic mass is 16.5. The first-order valence-corrected chi connectivity index (χ1v) is 7.44. The molecule has 0 radical (unpaired) electrons. The van der Waals surface area contributed by atoms with E-state index in [-0.39, 0.29) is 0 Å². The van der Waals surface area contributed by atoms with Gasteiger partial charge in [0.2, 0.25) is 5.88 Å². The molecule has 1 aliphatic carbocycles. The summed E-state index contributed by atoms with van der Waals surface area (Å²) in [5, 5.41) is 3.24. The Hall–Kier alpha value is -1.32. The molecule has 1 fully saturated rings.